The van der Waals surface area contributed by atoms with E-state index in [0.717, 1.165) is 19.0 Å². The Labute approximate surface area is 104 Å². The maximum Gasteiger partial charge on any atom is 0.0951 e. The highest BCUT2D eigenvalue weighted by molar-refractivity contribution is 5.18. The maximum absolute atomic E-state index is 4.43. The molecule has 1 aliphatic carbocycles. The van der Waals surface area contributed by atoms with Crippen LogP contribution in [0.3, 0.4) is 0 Å². The van der Waals surface area contributed by atoms with Gasteiger partial charge in [0.2, 0.25) is 0 Å². The van der Waals surface area contributed by atoms with Crippen LogP contribution in [0.1, 0.15) is 51.3 Å². The monoisotopic (exact) mass is 233 g/mol. The van der Waals surface area contributed by atoms with Crippen molar-refractivity contribution in [3.63, 3.8) is 0 Å². The second kappa shape index (κ2) is 4.13. The molecule has 3 heteroatoms. The van der Waals surface area contributed by atoms with Gasteiger partial charge in [-0.2, -0.15) is 0 Å². The second-order valence-electron chi connectivity index (χ2n) is 6.15. The molecule has 1 N–H and O–H groups in total. The lowest BCUT2D eigenvalue weighted by atomic mass is 9.85. The van der Waals surface area contributed by atoms with Crippen molar-refractivity contribution in [2.75, 3.05) is 13.1 Å². The first-order valence-corrected chi connectivity index (χ1v) is 6.94. The Kier molecular flexibility index (Phi) is 2.74. The van der Waals surface area contributed by atoms with Crippen molar-refractivity contribution in [3.05, 3.63) is 18.2 Å². The molecule has 2 fully saturated rings. The van der Waals surface area contributed by atoms with Gasteiger partial charge in [0.05, 0.1) is 6.33 Å². The molecule has 0 radical (unpaired) electrons. The van der Waals surface area contributed by atoms with Gasteiger partial charge in [0.25, 0.3) is 0 Å². The van der Waals surface area contributed by atoms with Crippen molar-refractivity contribution in [2.24, 2.45) is 5.92 Å². The topological polar surface area (TPSA) is 29.9 Å². The average Bonchev–Trinajstić information content (AvgIpc) is 2.97. The van der Waals surface area contributed by atoms with Crippen LogP contribution in [0.5, 0.6) is 0 Å². The molecule has 94 valence electrons. The van der Waals surface area contributed by atoms with E-state index in [4.69, 9.17) is 0 Å². The van der Waals surface area contributed by atoms with E-state index in [1.807, 2.05) is 0 Å². The summed E-state index contributed by atoms with van der Waals surface area (Å²) in [5.74, 6) is 0.806. The van der Waals surface area contributed by atoms with Crippen LogP contribution in [0.25, 0.3) is 0 Å². The molecule has 0 amide bonds. The Balaban J connectivity index is 1.93. The number of aromatic nitrogens is 2. The molecule has 17 heavy (non-hydrogen) atoms. The quantitative estimate of drug-likeness (QED) is 0.850. The molecule has 0 aromatic carbocycles. The van der Waals surface area contributed by atoms with E-state index < -0.39 is 0 Å². The maximum atomic E-state index is 4.43. The van der Waals surface area contributed by atoms with Gasteiger partial charge in [-0.15, -0.1) is 0 Å². The Morgan fingerprint density at radius 3 is 3.00 bits per heavy atom. The molecule has 3 atom stereocenters. The molecule has 1 aromatic rings. The predicted molar refractivity (Wildman–Crippen MR) is 69.1 cm³/mol. The average molecular weight is 233 g/mol. The predicted octanol–water partition coefficient (Wildman–Crippen LogP) is 2.50. The standard InChI is InChI=1S/C14H23N3/c1-11-4-3-5-12(11)17-10-16-8-13(17)14(2)6-7-15-9-14/h8,10-12,15H,3-7,9H2,1-2H3. The van der Waals surface area contributed by atoms with Crippen LogP contribution >= 0.6 is 0 Å². The first kappa shape index (κ1) is 11.3. The largest absolute Gasteiger partial charge is 0.331 e. The number of hydrogen-bond donors (Lipinski definition) is 1. The summed E-state index contributed by atoms with van der Waals surface area (Å²) in [6, 6.07) is 0.685. The molecule has 1 saturated heterocycles. The number of hydrogen-bond acceptors (Lipinski definition) is 2. The first-order valence-electron chi connectivity index (χ1n) is 6.94. The van der Waals surface area contributed by atoms with Crippen molar-refractivity contribution >= 4 is 0 Å². The van der Waals surface area contributed by atoms with E-state index >= 15 is 0 Å². The zero-order valence-corrected chi connectivity index (χ0v) is 10.9. The van der Waals surface area contributed by atoms with Gasteiger partial charge in [0.1, 0.15) is 0 Å². The van der Waals surface area contributed by atoms with Crippen LogP contribution in [-0.4, -0.2) is 22.6 Å². The summed E-state index contributed by atoms with van der Waals surface area (Å²) in [6.07, 6.45) is 9.47. The van der Waals surface area contributed by atoms with Gasteiger partial charge in [-0.1, -0.05) is 20.3 Å². The van der Waals surface area contributed by atoms with Gasteiger partial charge in [-0.25, -0.2) is 4.98 Å². The highest BCUT2D eigenvalue weighted by Gasteiger charge is 2.36. The summed E-state index contributed by atoms with van der Waals surface area (Å²) in [5.41, 5.74) is 1.74. The molecule has 2 heterocycles. The fraction of sp³-hybridized carbons (Fsp3) is 0.786. The minimum atomic E-state index is 0.290. The zero-order chi connectivity index (χ0) is 11.9. The first-order chi connectivity index (χ1) is 8.21. The Hall–Kier alpha value is -0.830. The third kappa shape index (κ3) is 1.81. The minimum Gasteiger partial charge on any atom is -0.331 e. The molecule has 1 saturated carbocycles. The van der Waals surface area contributed by atoms with Gasteiger partial charge in [-0.3, -0.25) is 0 Å². The third-order valence-corrected chi connectivity index (χ3v) is 4.83. The Morgan fingerprint density at radius 2 is 2.35 bits per heavy atom. The van der Waals surface area contributed by atoms with Crippen LogP contribution < -0.4 is 5.32 Å². The second-order valence-corrected chi connectivity index (χ2v) is 6.15. The van der Waals surface area contributed by atoms with Crippen molar-refractivity contribution in [2.45, 2.75) is 51.0 Å². The lowest BCUT2D eigenvalue weighted by Crippen LogP contribution is -2.29. The van der Waals surface area contributed by atoms with Crippen LogP contribution in [-0.2, 0) is 5.41 Å². The Bertz CT molecular complexity index is 390. The van der Waals surface area contributed by atoms with Crippen molar-refractivity contribution in [3.8, 4) is 0 Å². The summed E-state index contributed by atoms with van der Waals surface area (Å²) in [7, 11) is 0. The SMILES string of the molecule is CC1CCCC1n1cncc1C1(C)CCNC1. The normalized spacial score (nSPS) is 37.8. The molecule has 1 aliphatic heterocycles. The fourth-order valence-electron chi connectivity index (χ4n) is 3.61. The highest BCUT2D eigenvalue weighted by Crippen LogP contribution is 2.39. The molecule has 2 aliphatic rings. The van der Waals surface area contributed by atoms with Gasteiger partial charge in [0.15, 0.2) is 0 Å². The lowest BCUT2D eigenvalue weighted by Gasteiger charge is -2.28. The van der Waals surface area contributed by atoms with Crippen LogP contribution in [0.15, 0.2) is 12.5 Å². The van der Waals surface area contributed by atoms with Gasteiger partial charge in [-0.05, 0) is 31.7 Å². The van der Waals surface area contributed by atoms with E-state index in [9.17, 15) is 0 Å². The number of nitrogens with zero attached hydrogens (tertiary/aromatic N) is 2. The van der Waals surface area contributed by atoms with E-state index in [0.29, 0.717) is 11.5 Å². The lowest BCUT2D eigenvalue weighted by molar-refractivity contribution is 0.367. The molecule has 1 aromatic heterocycles. The van der Waals surface area contributed by atoms with E-state index in [1.165, 1.54) is 31.4 Å². The molecule has 3 nitrogen and oxygen atoms in total. The van der Waals surface area contributed by atoms with E-state index in [-0.39, 0.29) is 0 Å². The van der Waals surface area contributed by atoms with Crippen molar-refractivity contribution < 1.29 is 0 Å². The number of imidazole rings is 1. The summed E-state index contributed by atoms with van der Waals surface area (Å²) in [6.45, 7) is 7.00. The fourth-order valence-corrected chi connectivity index (χ4v) is 3.61. The summed E-state index contributed by atoms with van der Waals surface area (Å²) >= 11 is 0. The van der Waals surface area contributed by atoms with Crippen LogP contribution in [0, 0.1) is 5.92 Å². The van der Waals surface area contributed by atoms with Crippen molar-refractivity contribution in [1.29, 1.82) is 0 Å². The van der Waals surface area contributed by atoms with E-state index in [1.54, 1.807) is 0 Å². The summed E-state index contributed by atoms with van der Waals surface area (Å²) in [5, 5.41) is 3.49. The minimum absolute atomic E-state index is 0.290. The molecule has 0 bridgehead atoms. The van der Waals surface area contributed by atoms with Gasteiger partial charge in [0, 0.05) is 29.9 Å². The molecule has 0 spiro atoms. The van der Waals surface area contributed by atoms with Gasteiger partial charge >= 0.3 is 0 Å². The molecule has 3 unspecified atom stereocenters. The number of nitrogens with one attached hydrogen (secondary N) is 1. The molecule has 3 rings (SSSR count). The summed E-state index contributed by atoms with van der Waals surface area (Å²) < 4.78 is 2.48. The van der Waals surface area contributed by atoms with E-state index in [2.05, 4.69) is 41.2 Å². The zero-order valence-electron chi connectivity index (χ0n) is 10.9. The van der Waals surface area contributed by atoms with Crippen LogP contribution in [0.2, 0.25) is 0 Å². The summed E-state index contributed by atoms with van der Waals surface area (Å²) in [4.78, 5) is 4.43. The third-order valence-electron chi connectivity index (χ3n) is 4.83. The van der Waals surface area contributed by atoms with Crippen LogP contribution in [0.4, 0.5) is 0 Å². The van der Waals surface area contributed by atoms with Gasteiger partial charge < -0.3 is 9.88 Å². The number of rotatable bonds is 2. The van der Waals surface area contributed by atoms with Crippen molar-refractivity contribution in [1.82, 2.24) is 14.9 Å². The smallest absolute Gasteiger partial charge is 0.0951 e. The molecular weight excluding hydrogens is 210 g/mol. The Morgan fingerprint density at radius 1 is 1.47 bits per heavy atom. The molecular formula is C14H23N3. The highest BCUT2D eigenvalue weighted by atomic mass is 15.1.